The maximum atomic E-state index is 12.1. The number of hydrogen-bond acceptors (Lipinski definition) is 5. The molecular formula is C26H26BrN3O4. The van der Waals surface area contributed by atoms with Crippen LogP contribution in [0, 0.1) is 6.92 Å². The number of benzene rings is 3. The molecule has 3 aromatic rings. The van der Waals surface area contributed by atoms with E-state index in [0.29, 0.717) is 40.4 Å². The third-order valence-corrected chi connectivity index (χ3v) is 5.29. The fourth-order valence-corrected chi connectivity index (χ4v) is 3.64. The molecule has 0 aliphatic heterocycles. The fraction of sp³-hybridized carbons (Fsp3) is 0.192. The average molecular weight is 524 g/mol. The van der Waals surface area contributed by atoms with Crippen LogP contribution in [-0.4, -0.2) is 24.6 Å². The fourth-order valence-electron chi connectivity index (χ4n) is 3.07. The van der Waals surface area contributed by atoms with Crippen molar-refractivity contribution < 1.29 is 19.1 Å². The Hall–Kier alpha value is -3.65. The van der Waals surface area contributed by atoms with E-state index >= 15 is 0 Å². The Morgan fingerprint density at radius 1 is 1.00 bits per heavy atom. The lowest BCUT2D eigenvalue weighted by Gasteiger charge is -2.14. The Kier molecular flexibility index (Phi) is 9.22. The monoisotopic (exact) mass is 523 g/mol. The molecule has 3 rings (SSSR count). The summed E-state index contributed by atoms with van der Waals surface area (Å²) in [4.78, 5) is 24.2. The van der Waals surface area contributed by atoms with Gasteiger partial charge in [0.1, 0.15) is 13.0 Å². The van der Waals surface area contributed by atoms with Crippen LogP contribution in [0.25, 0.3) is 0 Å². The van der Waals surface area contributed by atoms with Crippen molar-refractivity contribution in [1.82, 2.24) is 5.43 Å². The van der Waals surface area contributed by atoms with Crippen LogP contribution in [0.1, 0.15) is 30.0 Å². The smallest absolute Gasteiger partial charge is 0.249 e. The Morgan fingerprint density at radius 3 is 2.47 bits per heavy atom. The van der Waals surface area contributed by atoms with Gasteiger partial charge in [-0.1, -0.05) is 48.5 Å². The van der Waals surface area contributed by atoms with E-state index in [1.54, 1.807) is 12.1 Å². The van der Waals surface area contributed by atoms with Gasteiger partial charge in [0.25, 0.3) is 0 Å². The summed E-state index contributed by atoms with van der Waals surface area (Å²) in [5, 5.41) is 6.68. The van der Waals surface area contributed by atoms with Crippen LogP contribution in [0.2, 0.25) is 0 Å². The van der Waals surface area contributed by atoms with E-state index in [0.717, 1.165) is 11.1 Å². The molecule has 0 unspecified atom stereocenters. The first-order valence-electron chi connectivity index (χ1n) is 10.8. The maximum Gasteiger partial charge on any atom is 0.249 e. The van der Waals surface area contributed by atoms with Crippen LogP contribution in [-0.2, 0) is 16.2 Å². The average Bonchev–Trinajstić information content (AvgIpc) is 2.81. The van der Waals surface area contributed by atoms with Crippen LogP contribution >= 0.6 is 15.9 Å². The summed E-state index contributed by atoms with van der Waals surface area (Å²) < 4.78 is 12.4. The number of rotatable bonds is 10. The van der Waals surface area contributed by atoms with Gasteiger partial charge in [-0.05, 0) is 64.7 Å². The van der Waals surface area contributed by atoms with Crippen molar-refractivity contribution in [3.05, 3.63) is 87.9 Å². The second-order valence-electron chi connectivity index (χ2n) is 7.37. The van der Waals surface area contributed by atoms with Crippen molar-refractivity contribution in [3.63, 3.8) is 0 Å². The topological polar surface area (TPSA) is 89.0 Å². The zero-order valence-corrected chi connectivity index (χ0v) is 20.6. The number of ether oxygens (including phenoxy) is 2. The molecule has 176 valence electrons. The summed E-state index contributed by atoms with van der Waals surface area (Å²) in [7, 11) is 0. The number of aryl methyl sites for hydroxylation is 1. The molecule has 0 aliphatic carbocycles. The van der Waals surface area contributed by atoms with Gasteiger partial charge in [-0.25, -0.2) is 5.43 Å². The van der Waals surface area contributed by atoms with Crippen molar-refractivity contribution >= 4 is 39.6 Å². The molecular weight excluding hydrogens is 498 g/mol. The predicted molar refractivity (Wildman–Crippen MR) is 136 cm³/mol. The number of anilines is 1. The number of nitrogens with zero attached hydrogens (tertiary/aromatic N) is 1. The molecule has 2 amide bonds. The Balaban J connectivity index is 1.59. The normalized spacial score (nSPS) is 10.7. The SMILES string of the molecule is CCOc1cc(C=NNC(=O)CC(=O)Nc2ccccc2C)cc(Br)c1OCc1ccccc1. The molecule has 0 spiro atoms. The summed E-state index contributed by atoms with van der Waals surface area (Å²) in [6.07, 6.45) is 1.14. The van der Waals surface area contributed by atoms with Gasteiger partial charge in [-0.15, -0.1) is 0 Å². The number of para-hydroxylation sites is 1. The molecule has 0 aliphatic rings. The summed E-state index contributed by atoms with van der Waals surface area (Å²) in [6.45, 7) is 4.62. The lowest BCUT2D eigenvalue weighted by molar-refractivity contribution is -0.126. The predicted octanol–water partition coefficient (Wildman–Crippen LogP) is 5.21. The van der Waals surface area contributed by atoms with Crippen LogP contribution in [0.5, 0.6) is 11.5 Å². The minimum absolute atomic E-state index is 0.341. The molecule has 0 heterocycles. The molecule has 0 saturated heterocycles. The molecule has 34 heavy (non-hydrogen) atoms. The minimum atomic E-state index is -0.519. The molecule has 7 nitrogen and oxygen atoms in total. The maximum absolute atomic E-state index is 12.1. The van der Waals surface area contributed by atoms with Gasteiger partial charge in [0, 0.05) is 5.69 Å². The van der Waals surface area contributed by atoms with E-state index in [9.17, 15) is 9.59 Å². The van der Waals surface area contributed by atoms with Crippen LogP contribution < -0.4 is 20.2 Å². The molecule has 0 radical (unpaired) electrons. The van der Waals surface area contributed by atoms with Gasteiger partial charge in [0.15, 0.2) is 11.5 Å². The highest BCUT2D eigenvalue weighted by molar-refractivity contribution is 9.10. The lowest BCUT2D eigenvalue weighted by atomic mass is 10.2. The molecule has 0 atom stereocenters. The number of carbonyl (C=O) groups is 2. The summed E-state index contributed by atoms with van der Waals surface area (Å²) in [6, 6.07) is 20.8. The van der Waals surface area contributed by atoms with Gasteiger partial charge in [-0.2, -0.15) is 5.10 Å². The Labute approximate surface area is 207 Å². The number of carbonyl (C=O) groups excluding carboxylic acids is 2. The Bertz CT molecular complexity index is 1170. The third-order valence-electron chi connectivity index (χ3n) is 4.70. The first-order valence-corrected chi connectivity index (χ1v) is 11.6. The molecule has 0 saturated carbocycles. The summed E-state index contributed by atoms with van der Waals surface area (Å²) >= 11 is 3.53. The third kappa shape index (κ3) is 7.45. The van der Waals surface area contributed by atoms with E-state index < -0.39 is 11.8 Å². The van der Waals surface area contributed by atoms with Crippen molar-refractivity contribution in [1.29, 1.82) is 0 Å². The van der Waals surface area contributed by atoms with Gasteiger partial charge in [-0.3, -0.25) is 9.59 Å². The molecule has 2 N–H and O–H groups in total. The van der Waals surface area contributed by atoms with Gasteiger partial charge < -0.3 is 14.8 Å². The van der Waals surface area contributed by atoms with Crippen molar-refractivity contribution in [2.75, 3.05) is 11.9 Å². The number of nitrogens with one attached hydrogen (secondary N) is 2. The second kappa shape index (κ2) is 12.6. The lowest BCUT2D eigenvalue weighted by Crippen LogP contribution is -2.24. The second-order valence-corrected chi connectivity index (χ2v) is 8.22. The molecule has 0 bridgehead atoms. The van der Waals surface area contributed by atoms with Crippen molar-refractivity contribution in [2.24, 2.45) is 5.10 Å². The first-order chi connectivity index (χ1) is 16.5. The number of hydrogen-bond donors (Lipinski definition) is 2. The highest BCUT2D eigenvalue weighted by Gasteiger charge is 2.13. The van der Waals surface area contributed by atoms with Crippen LogP contribution in [0.3, 0.4) is 0 Å². The largest absolute Gasteiger partial charge is 0.490 e. The quantitative estimate of drug-likeness (QED) is 0.216. The van der Waals surface area contributed by atoms with Gasteiger partial charge in [0.05, 0.1) is 17.3 Å². The van der Waals surface area contributed by atoms with Crippen LogP contribution in [0.4, 0.5) is 5.69 Å². The van der Waals surface area contributed by atoms with Crippen molar-refractivity contribution in [3.8, 4) is 11.5 Å². The zero-order valence-electron chi connectivity index (χ0n) is 19.0. The first kappa shape index (κ1) is 25.0. The molecule has 0 fully saturated rings. The summed E-state index contributed by atoms with van der Waals surface area (Å²) in [5.74, 6) is 0.204. The molecule has 0 aromatic heterocycles. The van der Waals surface area contributed by atoms with E-state index in [1.165, 1.54) is 6.21 Å². The van der Waals surface area contributed by atoms with E-state index in [-0.39, 0.29) is 6.42 Å². The molecule has 8 heteroatoms. The van der Waals surface area contributed by atoms with E-state index in [2.05, 4.69) is 31.8 Å². The highest BCUT2D eigenvalue weighted by Crippen LogP contribution is 2.37. The van der Waals surface area contributed by atoms with Gasteiger partial charge >= 0.3 is 0 Å². The number of hydrazone groups is 1. The highest BCUT2D eigenvalue weighted by atomic mass is 79.9. The standard InChI is InChI=1S/C26H26BrN3O4/c1-3-33-23-14-20(13-21(27)26(23)34-17-19-10-5-4-6-11-19)16-28-30-25(32)15-24(31)29-22-12-8-7-9-18(22)2/h4-14,16H,3,15,17H2,1-2H3,(H,29,31)(H,30,32). The summed E-state index contributed by atoms with van der Waals surface area (Å²) in [5.41, 5.74) is 5.69. The minimum Gasteiger partial charge on any atom is -0.490 e. The number of amides is 2. The van der Waals surface area contributed by atoms with E-state index in [4.69, 9.17) is 9.47 Å². The van der Waals surface area contributed by atoms with Crippen molar-refractivity contribution in [2.45, 2.75) is 26.9 Å². The number of halogens is 1. The Morgan fingerprint density at radius 2 is 1.74 bits per heavy atom. The van der Waals surface area contributed by atoms with E-state index in [1.807, 2.05) is 68.4 Å². The van der Waals surface area contributed by atoms with Crippen LogP contribution in [0.15, 0.2) is 76.3 Å². The van der Waals surface area contributed by atoms with Gasteiger partial charge in [0.2, 0.25) is 11.8 Å². The molecule has 3 aromatic carbocycles. The zero-order chi connectivity index (χ0) is 24.3.